The Morgan fingerprint density at radius 1 is 1.21 bits per heavy atom. The number of anilines is 1. The second kappa shape index (κ2) is 6.09. The van der Waals surface area contributed by atoms with Crippen molar-refractivity contribution in [3.63, 3.8) is 0 Å². The van der Waals surface area contributed by atoms with Crippen LogP contribution in [0.25, 0.3) is 5.65 Å². The Labute approximate surface area is 146 Å². The van der Waals surface area contributed by atoms with Gasteiger partial charge in [0.05, 0.1) is 16.9 Å². The summed E-state index contributed by atoms with van der Waals surface area (Å²) in [6.45, 7) is 3.67. The number of carboxylic acids is 1. The first-order valence-corrected chi connectivity index (χ1v) is 7.95. The number of pyridine rings is 1. The van der Waals surface area contributed by atoms with Crippen LogP contribution >= 0.6 is 15.9 Å². The van der Waals surface area contributed by atoms with Gasteiger partial charge < -0.3 is 10.4 Å². The highest BCUT2D eigenvalue weighted by Gasteiger charge is 2.19. The molecule has 2 N–H and O–H groups in total. The average Bonchev–Trinajstić information content (AvgIpc) is 2.84. The molecule has 6 nitrogen and oxygen atoms in total. The van der Waals surface area contributed by atoms with Gasteiger partial charge in [0.1, 0.15) is 11.3 Å². The molecular formula is C17H14BrN3O3. The van der Waals surface area contributed by atoms with Crippen LogP contribution in [-0.2, 0) is 0 Å². The zero-order chi connectivity index (χ0) is 17.4. The summed E-state index contributed by atoms with van der Waals surface area (Å²) in [7, 11) is 0. The average molecular weight is 388 g/mol. The van der Waals surface area contributed by atoms with E-state index >= 15 is 0 Å². The molecule has 0 fully saturated rings. The molecule has 0 bridgehead atoms. The van der Waals surface area contributed by atoms with Gasteiger partial charge in [0.15, 0.2) is 0 Å². The number of rotatable bonds is 3. The van der Waals surface area contributed by atoms with Gasteiger partial charge in [-0.2, -0.15) is 0 Å². The summed E-state index contributed by atoms with van der Waals surface area (Å²) in [6.07, 6.45) is 1.82. The molecule has 3 aromatic rings. The highest BCUT2D eigenvalue weighted by molar-refractivity contribution is 9.10. The number of nitrogens with zero attached hydrogens (tertiary/aromatic N) is 2. The van der Waals surface area contributed by atoms with Crippen molar-refractivity contribution in [1.29, 1.82) is 0 Å². The molecule has 2 heterocycles. The number of aryl methyl sites for hydroxylation is 2. The summed E-state index contributed by atoms with van der Waals surface area (Å²) >= 11 is 3.23. The molecule has 1 amide bonds. The summed E-state index contributed by atoms with van der Waals surface area (Å²) in [5.74, 6) is -1.52. The van der Waals surface area contributed by atoms with Crippen molar-refractivity contribution in [2.24, 2.45) is 0 Å². The van der Waals surface area contributed by atoms with Crippen LogP contribution in [0.1, 0.15) is 32.1 Å². The molecule has 0 atom stereocenters. The standard InChI is InChI=1S/C17H14BrN3O3/c1-9-3-6-14-19-10(2)15(21(14)8-9)16(22)20-13-5-4-11(18)7-12(13)17(23)24/h3-8H,1-2H3,(H,20,22)(H,23,24). The van der Waals surface area contributed by atoms with Gasteiger partial charge in [0, 0.05) is 10.7 Å². The van der Waals surface area contributed by atoms with Crippen molar-refractivity contribution in [2.45, 2.75) is 13.8 Å². The number of amides is 1. The molecule has 7 heteroatoms. The van der Waals surface area contributed by atoms with Crippen LogP contribution < -0.4 is 5.32 Å². The van der Waals surface area contributed by atoms with E-state index in [4.69, 9.17) is 0 Å². The molecule has 0 aliphatic heterocycles. The molecule has 24 heavy (non-hydrogen) atoms. The summed E-state index contributed by atoms with van der Waals surface area (Å²) in [5, 5.41) is 12.0. The Bertz CT molecular complexity index is 979. The van der Waals surface area contributed by atoms with E-state index in [2.05, 4.69) is 26.2 Å². The van der Waals surface area contributed by atoms with Gasteiger partial charge in [0.25, 0.3) is 5.91 Å². The highest BCUT2D eigenvalue weighted by Crippen LogP contribution is 2.23. The van der Waals surface area contributed by atoms with Crippen LogP contribution in [0, 0.1) is 13.8 Å². The molecule has 0 spiro atoms. The number of aromatic carboxylic acids is 1. The van der Waals surface area contributed by atoms with E-state index in [-0.39, 0.29) is 11.3 Å². The second-order valence-corrected chi connectivity index (χ2v) is 6.35. The van der Waals surface area contributed by atoms with Crippen LogP contribution in [0.5, 0.6) is 0 Å². The fourth-order valence-corrected chi connectivity index (χ4v) is 2.89. The molecule has 0 saturated carbocycles. The minimum Gasteiger partial charge on any atom is -0.478 e. The van der Waals surface area contributed by atoms with Crippen molar-refractivity contribution in [1.82, 2.24) is 9.38 Å². The number of carbonyl (C=O) groups is 2. The lowest BCUT2D eigenvalue weighted by atomic mass is 10.1. The van der Waals surface area contributed by atoms with Crippen molar-refractivity contribution < 1.29 is 14.7 Å². The van der Waals surface area contributed by atoms with E-state index in [1.54, 1.807) is 23.5 Å². The third-order valence-corrected chi connectivity index (χ3v) is 4.11. The molecule has 1 aromatic carbocycles. The van der Waals surface area contributed by atoms with Crippen molar-refractivity contribution in [2.75, 3.05) is 5.32 Å². The lowest BCUT2D eigenvalue weighted by Crippen LogP contribution is -2.17. The van der Waals surface area contributed by atoms with Gasteiger partial charge in [0.2, 0.25) is 0 Å². The summed E-state index contributed by atoms with van der Waals surface area (Å²) in [5.41, 5.74) is 2.86. The Balaban J connectivity index is 2.04. The smallest absolute Gasteiger partial charge is 0.337 e. The maximum atomic E-state index is 12.7. The number of aromatic nitrogens is 2. The number of imidazole rings is 1. The SMILES string of the molecule is Cc1ccc2nc(C)c(C(=O)Nc3ccc(Br)cc3C(=O)O)n2c1. The maximum absolute atomic E-state index is 12.7. The van der Waals surface area contributed by atoms with Crippen LogP contribution in [0.15, 0.2) is 41.0 Å². The first-order valence-electron chi connectivity index (χ1n) is 7.16. The Morgan fingerprint density at radius 3 is 2.67 bits per heavy atom. The lowest BCUT2D eigenvalue weighted by Gasteiger charge is -2.09. The normalized spacial score (nSPS) is 10.8. The molecule has 0 saturated heterocycles. The number of nitrogens with one attached hydrogen (secondary N) is 1. The first-order chi connectivity index (χ1) is 11.4. The van der Waals surface area contributed by atoms with Gasteiger partial charge in [-0.15, -0.1) is 0 Å². The minimum absolute atomic E-state index is 0.0142. The first kappa shape index (κ1) is 16.2. The number of carbonyl (C=O) groups excluding carboxylic acids is 1. The lowest BCUT2D eigenvalue weighted by molar-refractivity contribution is 0.0698. The monoisotopic (exact) mass is 387 g/mol. The molecule has 2 aromatic heterocycles. The topological polar surface area (TPSA) is 83.7 Å². The van der Waals surface area contributed by atoms with Crippen LogP contribution in [0.3, 0.4) is 0 Å². The second-order valence-electron chi connectivity index (χ2n) is 5.43. The molecule has 0 radical (unpaired) electrons. The molecular weight excluding hydrogens is 374 g/mol. The predicted molar refractivity (Wildman–Crippen MR) is 93.7 cm³/mol. The van der Waals surface area contributed by atoms with E-state index in [1.165, 1.54) is 6.07 Å². The number of hydrogen-bond acceptors (Lipinski definition) is 3. The van der Waals surface area contributed by atoms with Crippen LogP contribution in [-0.4, -0.2) is 26.4 Å². The van der Waals surface area contributed by atoms with Crippen molar-refractivity contribution >= 4 is 39.1 Å². The summed E-state index contributed by atoms with van der Waals surface area (Å²) in [4.78, 5) is 28.4. The van der Waals surface area contributed by atoms with E-state index in [1.807, 2.05) is 25.3 Å². The molecule has 0 aliphatic carbocycles. The molecule has 3 rings (SSSR count). The number of fused-ring (bicyclic) bond motifs is 1. The van der Waals surface area contributed by atoms with E-state index in [0.717, 1.165) is 5.56 Å². The Hall–Kier alpha value is -2.67. The van der Waals surface area contributed by atoms with E-state index in [9.17, 15) is 14.7 Å². The van der Waals surface area contributed by atoms with Crippen molar-refractivity contribution in [3.05, 3.63) is 63.5 Å². The molecule has 0 unspecified atom stereocenters. The quantitative estimate of drug-likeness (QED) is 0.717. The Kier molecular flexibility index (Phi) is 4.11. The third kappa shape index (κ3) is 2.90. The number of benzene rings is 1. The highest BCUT2D eigenvalue weighted by atomic mass is 79.9. The maximum Gasteiger partial charge on any atom is 0.337 e. The van der Waals surface area contributed by atoms with Crippen molar-refractivity contribution in [3.8, 4) is 0 Å². The van der Waals surface area contributed by atoms with Gasteiger partial charge in [-0.25, -0.2) is 9.78 Å². The largest absolute Gasteiger partial charge is 0.478 e. The van der Waals surface area contributed by atoms with E-state index < -0.39 is 11.9 Å². The fourth-order valence-electron chi connectivity index (χ4n) is 2.53. The number of carboxylic acid groups (broad SMARTS) is 1. The number of hydrogen-bond donors (Lipinski definition) is 2. The van der Waals surface area contributed by atoms with Gasteiger partial charge in [-0.05, 0) is 43.7 Å². The fraction of sp³-hybridized carbons (Fsp3) is 0.118. The predicted octanol–water partition coefficient (Wildman–Crippen LogP) is 3.66. The molecule has 122 valence electrons. The van der Waals surface area contributed by atoms with Gasteiger partial charge >= 0.3 is 5.97 Å². The zero-order valence-corrected chi connectivity index (χ0v) is 14.6. The van der Waals surface area contributed by atoms with Gasteiger partial charge in [-0.1, -0.05) is 22.0 Å². The van der Waals surface area contributed by atoms with E-state index in [0.29, 0.717) is 21.5 Å². The summed E-state index contributed by atoms with van der Waals surface area (Å²) in [6, 6.07) is 8.42. The third-order valence-electron chi connectivity index (χ3n) is 3.62. The Morgan fingerprint density at radius 2 is 1.96 bits per heavy atom. The minimum atomic E-state index is -1.11. The number of halogens is 1. The van der Waals surface area contributed by atoms with Gasteiger partial charge in [-0.3, -0.25) is 9.20 Å². The van der Waals surface area contributed by atoms with Crippen LogP contribution in [0.2, 0.25) is 0 Å². The molecule has 0 aliphatic rings. The summed E-state index contributed by atoms with van der Waals surface area (Å²) < 4.78 is 2.33. The zero-order valence-electron chi connectivity index (χ0n) is 13.0. The van der Waals surface area contributed by atoms with Crippen LogP contribution in [0.4, 0.5) is 5.69 Å².